The van der Waals surface area contributed by atoms with E-state index in [2.05, 4.69) is 0 Å². The van der Waals surface area contributed by atoms with Gasteiger partial charge in [-0.15, -0.1) is 0 Å². The van der Waals surface area contributed by atoms with Crippen LogP contribution in [0.5, 0.6) is 0 Å². The van der Waals surface area contributed by atoms with Gasteiger partial charge in [0.15, 0.2) is 0 Å². The number of imide groups is 1. The molecule has 13 heavy (non-hydrogen) atoms. The van der Waals surface area contributed by atoms with Crippen molar-refractivity contribution in [2.75, 3.05) is 6.61 Å². The fraction of sp³-hybridized carbons (Fsp3) is 0.778. The van der Waals surface area contributed by atoms with Gasteiger partial charge >= 0.3 is 0 Å². The molecule has 1 aliphatic rings. The smallest absolute Gasteiger partial charge is 0.229 e. The zero-order valence-electron chi connectivity index (χ0n) is 7.82. The van der Waals surface area contributed by atoms with Crippen LogP contribution in [0.15, 0.2) is 0 Å². The second-order valence-electron chi connectivity index (χ2n) is 3.40. The number of rotatable bonds is 2. The molecule has 1 unspecified atom stereocenters. The third kappa shape index (κ3) is 2.28. The Balaban J connectivity index is 2.74. The number of nitrogens with zero attached hydrogens (tertiary/aromatic N) is 1. The molecule has 1 heterocycles. The van der Waals surface area contributed by atoms with Crippen molar-refractivity contribution in [1.29, 1.82) is 0 Å². The second-order valence-corrected chi connectivity index (χ2v) is 3.40. The molecule has 1 atom stereocenters. The molecule has 0 aromatic rings. The summed E-state index contributed by atoms with van der Waals surface area (Å²) in [5, 5.41) is 8.87. The summed E-state index contributed by atoms with van der Waals surface area (Å²) in [6.07, 6.45) is 2.41. The van der Waals surface area contributed by atoms with E-state index in [0.717, 1.165) is 12.8 Å². The van der Waals surface area contributed by atoms with Gasteiger partial charge in [0.25, 0.3) is 0 Å². The Hall–Kier alpha value is -0.900. The SMILES string of the molecule is CC(CO)N1C(=O)CCCCC1=O. The molecule has 0 aromatic heterocycles. The quantitative estimate of drug-likeness (QED) is 0.629. The standard InChI is InChI=1S/C9H15NO3/c1-7(6-11)10-8(12)4-2-3-5-9(10)13/h7,11H,2-6H2,1H3. The number of aliphatic hydroxyl groups excluding tert-OH is 1. The van der Waals surface area contributed by atoms with Crippen molar-refractivity contribution in [3.8, 4) is 0 Å². The molecule has 0 saturated carbocycles. The summed E-state index contributed by atoms with van der Waals surface area (Å²) in [5.41, 5.74) is 0. The molecule has 0 aromatic carbocycles. The van der Waals surface area contributed by atoms with Gasteiger partial charge in [0.05, 0.1) is 12.6 Å². The van der Waals surface area contributed by atoms with Crippen LogP contribution in [0.4, 0.5) is 0 Å². The summed E-state index contributed by atoms with van der Waals surface area (Å²) in [5.74, 6) is -0.298. The predicted octanol–water partition coefficient (Wildman–Crippen LogP) is 0.296. The van der Waals surface area contributed by atoms with E-state index >= 15 is 0 Å². The third-order valence-corrected chi connectivity index (χ3v) is 2.27. The van der Waals surface area contributed by atoms with Crippen LogP contribution in [0, 0.1) is 0 Å². The highest BCUT2D eigenvalue weighted by Crippen LogP contribution is 2.14. The molecular formula is C9H15NO3. The zero-order valence-corrected chi connectivity index (χ0v) is 7.82. The van der Waals surface area contributed by atoms with Gasteiger partial charge in [-0.3, -0.25) is 14.5 Å². The number of likely N-dealkylation sites (tertiary alicyclic amines) is 1. The van der Waals surface area contributed by atoms with E-state index in [9.17, 15) is 9.59 Å². The topological polar surface area (TPSA) is 57.6 Å². The van der Waals surface area contributed by atoms with E-state index < -0.39 is 0 Å². The van der Waals surface area contributed by atoms with Crippen LogP contribution in [0.1, 0.15) is 32.6 Å². The Kier molecular flexibility index (Phi) is 3.42. The minimum Gasteiger partial charge on any atom is -0.394 e. The van der Waals surface area contributed by atoms with Crippen LogP contribution in [-0.2, 0) is 9.59 Å². The van der Waals surface area contributed by atoms with Crippen molar-refractivity contribution in [1.82, 2.24) is 4.90 Å². The summed E-state index contributed by atoms with van der Waals surface area (Å²) in [6, 6.07) is -0.377. The van der Waals surface area contributed by atoms with Crippen molar-refractivity contribution >= 4 is 11.8 Å². The average Bonchev–Trinajstić information content (AvgIpc) is 2.27. The molecule has 0 radical (unpaired) electrons. The molecule has 1 N–H and O–H groups in total. The van der Waals surface area contributed by atoms with Gasteiger partial charge < -0.3 is 5.11 Å². The molecule has 1 aliphatic heterocycles. The van der Waals surface area contributed by atoms with Crippen molar-refractivity contribution < 1.29 is 14.7 Å². The van der Waals surface area contributed by atoms with Gasteiger partial charge in [-0.2, -0.15) is 0 Å². The monoisotopic (exact) mass is 185 g/mol. The molecule has 74 valence electrons. The number of carbonyl (C=O) groups excluding carboxylic acids is 2. The van der Waals surface area contributed by atoms with Crippen molar-refractivity contribution in [3.63, 3.8) is 0 Å². The lowest BCUT2D eigenvalue weighted by molar-refractivity contribution is -0.147. The second kappa shape index (κ2) is 4.37. The van der Waals surface area contributed by atoms with Crippen molar-refractivity contribution in [2.45, 2.75) is 38.6 Å². The Morgan fingerprint density at radius 2 is 1.77 bits per heavy atom. The first-order valence-electron chi connectivity index (χ1n) is 4.62. The molecule has 4 nitrogen and oxygen atoms in total. The number of amides is 2. The van der Waals surface area contributed by atoms with Gasteiger partial charge in [-0.05, 0) is 19.8 Å². The van der Waals surface area contributed by atoms with Gasteiger partial charge in [0.2, 0.25) is 11.8 Å². The van der Waals surface area contributed by atoms with E-state index in [1.807, 2.05) is 0 Å². The lowest BCUT2D eigenvalue weighted by atomic mass is 10.2. The molecular weight excluding hydrogens is 170 g/mol. The average molecular weight is 185 g/mol. The van der Waals surface area contributed by atoms with E-state index in [1.165, 1.54) is 4.90 Å². The molecule has 2 amide bonds. The number of carbonyl (C=O) groups is 2. The first-order chi connectivity index (χ1) is 6.16. The minimum atomic E-state index is -0.377. The van der Waals surface area contributed by atoms with Crippen LogP contribution in [0.3, 0.4) is 0 Å². The van der Waals surface area contributed by atoms with Gasteiger partial charge in [0.1, 0.15) is 0 Å². The van der Waals surface area contributed by atoms with Crippen LogP contribution in [0.2, 0.25) is 0 Å². The first kappa shape index (κ1) is 10.2. The van der Waals surface area contributed by atoms with Gasteiger partial charge in [-0.25, -0.2) is 0 Å². The summed E-state index contributed by atoms with van der Waals surface area (Å²) in [7, 11) is 0. The molecule has 1 fully saturated rings. The predicted molar refractivity (Wildman–Crippen MR) is 46.9 cm³/mol. The van der Waals surface area contributed by atoms with Gasteiger partial charge in [-0.1, -0.05) is 0 Å². The van der Waals surface area contributed by atoms with Crippen LogP contribution in [0.25, 0.3) is 0 Å². The maximum Gasteiger partial charge on any atom is 0.229 e. The lowest BCUT2D eigenvalue weighted by Crippen LogP contribution is -2.43. The highest BCUT2D eigenvalue weighted by molar-refractivity contribution is 5.96. The van der Waals surface area contributed by atoms with E-state index in [1.54, 1.807) is 6.92 Å². The Bertz CT molecular complexity index is 197. The number of hydrogen-bond donors (Lipinski definition) is 1. The molecule has 1 saturated heterocycles. The molecule has 1 rings (SSSR count). The highest BCUT2D eigenvalue weighted by atomic mass is 16.3. The van der Waals surface area contributed by atoms with Crippen LogP contribution in [-0.4, -0.2) is 34.5 Å². The van der Waals surface area contributed by atoms with E-state index in [0.29, 0.717) is 12.8 Å². The lowest BCUT2D eigenvalue weighted by Gasteiger charge is -2.24. The summed E-state index contributed by atoms with van der Waals surface area (Å²) in [6.45, 7) is 1.53. The zero-order chi connectivity index (χ0) is 9.84. The maximum absolute atomic E-state index is 11.4. The maximum atomic E-state index is 11.4. The minimum absolute atomic E-state index is 0.149. The molecule has 0 aliphatic carbocycles. The van der Waals surface area contributed by atoms with Crippen LogP contribution >= 0.6 is 0 Å². The largest absolute Gasteiger partial charge is 0.394 e. The molecule has 0 spiro atoms. The first-order valence-corrected chi connectivity index (χ1v) is 4.62. The van der Waals surface area contributed by atoms with E-state index in [-0.39, 0.29) is 24.5 Å². The molecule has 0 bridgehead atoms. The van der Waals surface area contributed by atoms with Gasteiger partial charge in [0, 0.05) is 12.8 Å². The molecule has 4 heteroatoms. The Labute approximate surface area is 77.5 Å². The van der Waals surface area contributed by atoms with Crippen LogP contribution < -0.4 is 0 Å². The van der Waals surface area contributed by atoms with E-state index in [4.69, 9.17) is 5.11 Å². The number of aliphatic hydroxyl groups is 1. The Morgan fingerprint density at radius 3 is 2.15 bits per heavy atom. The summed E-state index contributed by atoms with van der Waals surface area (Å²) in [4.78, 5) is 24.0. The Morgan fingerprint density at radius 1 is 1.31 bits per heavy atom. The fourth-order valence-corrected chi connectivity index (χ4v) is 1.51. The highest BCUT2D eigenvalue weighted by Gasteiger charge is 2.27. The third-order valence-electron chi connectivity index (χ3n) is 2.27. The summed E-state index contributed by atoms with van der Waals surface area (Å²) >= 11 is 0. The van der Waals surface area contributed by atoms with Crippen molar-refractivity contribution in [3.05, 3.63) is 0 Å². The normalized spacial score (nSPS) is 21.5. The summed E-state index contributed by atoms with van der Waals surface area (Å²) < 4.78 is 0. The van der Waals surface area contributed by atoms with Crippen molar-refractivity contribution in [2.24, 2.45) is 0 Å². The number of hydrogen-bond acceptors (Lipinski definition) is 3. The fourth-order valence-electron chi connectivity index (χ4n) is 1.51.